The highest BCUT2D eigenvalue weighted by Gasteiger charge is 2.53. The molecule has 10 atom stereocenters. The zero-order valence-electron chi connectivity index (χ0n) is 45.3. The van der Waals surface area contributed by atoms with Crippen LogP contribution in [0, 0.1) is 11.8 Å². The van der Waals surface area contributed by atoms with Gasteiger partial charge in [-0.15, -0.1) is 13.9 Å². The van der Waals surface area contributed by atoms with Gasteiger partial charge in [0, 0.05) is 16.4 Å². The number of aliphatic hydroxyl groups excluding tert-OH is 1. The molecular weight excluding hydrogens is 1100 g/mol. The number of hydrogen-bond donors (Lipinski definition) is 9. The zero-order valence-corrected chi connectivity index (χ0v) is 47.1. The van der Waals surface area contributed by atoms with Crippen LogP contribution >= 0.6 is 16.5 Å². The van der Waals surface area contributed by atoms with E-state index in [1.54, 1.807) is 83.1 Å². The number of H-pyrrole nitrogens is 2. The molecule has 81 heavy (non-hydrogen) atoms. The number of aromatic nitrogens is 8. The normalized spacial score (nSPS) is 20.9. The highest BCUT2D eigenvalue weighted by molar-refractivity contribution is 7.32. The van der Waals surface area contributed by atoms with Crippen LogP contribution in [0.4, 0.5) is 21.5 Å². The molecule has 0 bridgehead atoms. The van der Waals surface area contributed by atoms with Gasteiger partial charge < -0.3 is 45.3 Å². The maximum absolute atomic E-state index is 12.7. The molecule has 8 rings (SSSR count). The number of anilines is 2. The highest BCUT2D eigenvalue weighted by Crippen LogP contribution is 2.39. The summed E-state index contributed by atoms with van der Waals surface area (Å²) in [6, 6.07) is 15.6. The van der Waals surface area contributed by atoms with E-state index < -0.39 is 107 Å². The number of amides is 4. The second-order valence-corrected chi connectivity index (χ2v) is 21.5. The minimum atomic E-state index is -3.29. The molecule has 2 aliphatic rings. The molecule has 6 heterocycles. The van der Waals surface area contributed by atoms with Crippen molar-refractivity contribution in [3.05, 3.63) is 105 Å². The summed E-state index contributed by atoms with van der Waals surface area (Å²) in [5.41, 5.74) is 4.12. The highest BCUT2D eigenvalue weighted by atomic mass is 31.1. The average Bonchev–Trinajstić information content (AvgIpc) is 4.00. The minimum Gasteiger partial charge on any atom is -0.566 e. The Morgan fingerprint density at radius 3 is 1.48 bits per heavy atom. The van der Waals surface area contributed by atoms with Crippen molar-refractivity contribution in [2.45, 2.75) is 130 Å². The van der Waals surface area contributed by atoms with E-state index in [1.165, 1.54) is 21.8 Å². The maximum atomic E-state index is 12.7. The van der Waals surface area contributed by atoms with Gasteiger partial charge in [-0.25, -0.2) is 19.6 Å². The molecule has 436 valence electrons. The number of ether oxygens (including phenoxy) is 4. The first-order chi connectivity index (χ1) is 38.3. The Bertz CT molecular complexity index is 3070. The fraction of sp³-hybridized carbons (Fsp3) is 0.469. The van der Waals surface area contributed by atoms with E-state index in [2.05, 4.69) is 77.7 Å². The molecule has 2 aromatic carbocycles. The first-order valence-electron chi connectivity index (χ1n) is 25.3. The molecule has 2 fully saturated rings. The molecule has 6 aromatic rings. The molecule has 2 unspecified atom stereocenters. The number of carbonyl (C=O) groups is 4. The lowest BCUT2D eigenvalue weighted by Crippen LogP contribution is -2.67. The van der Waals surface area contributed by atoms with Crippen LogP contribution in [0.2, 0.25) is 0 Å². The Kier molecular flexibility index (Phi) is 21.9. The van der Waals surface area contributed by atoms with Crippen molar-refractivity contribution < 1.29 is 76.9 Å². The standard InChI is InChI=1S/C23H27N6O8P.C22H25N6O9P.C4H11N/c1-4-14-17(37-38(33)34)15(25-23(32)35-10-13-8-6-5-7-9-13)21(36-14)29-11-24-16-18(29)26-22(28-20(16)31)27-19(30)12(2)3;1-11(2)18(30)26-21-25-17-15(19(31)27-21)23-10-28(17)20-14(16(37-38(33)34)13(8-29)36-20)24-22(32)35-9-12-6-4-3-5-7-12;1-4(2,3)5/h5-9,11-12,14-15,17,21H,4,10H2,1-3H3,(H,25,32)(H2,26,27,28,30,31);3-7,10-11,13-14,16,20,29H,8-9H2,1-2H3,(H3-,24,25,26,27,30,31,32,33,34);5H2,1-3H3/p+2/t14-,15-,17-,21-;13-,14-,16-,20-;/m11./s1. The first-order valence-corrected chi connectivity index (χ1v) is 27.5. The fourth-order valence-electron chi connectivity index (χ4n) is 7.87. The third kappa shape index (κ3) is 17.3. The van der Waals surface area contributed by atoms with Crippen LogP contribution in [-0.2, 0) is 59.9 Å². The van der Waals surface area contributed by atoms with E-state index in [-0.39, 0.29) is 64.8 Å². The number of carbonyl (C=O) groups excluding carboxylic acids is 4. The Hall–Kier alpha value is -7.50. The first kappa shape index (κ1) is 62.7. The van der Waals surface area contributed by atoms with Crippen molar-refractivity contribution >= 4 is 74.7 Å². The van der Waals surface area contributed by atoms with Gasteiger partial charge in [0.1, 0.15) is 31.4 Å². The van der Waals surface area contributed by atoms with Crippen LogP contribution < -0.4 is 43.0 Å². The van der Waals surface area contributed by atoms with Crippen LogP contribution in [0.1, 0.15) is 85.4 Å². The summed E-state index contributed by atoms with van der Waals surface area (Å²) >= 11 is 0. The van der Waals surface area contributed by atoms with E-state index in [9.17, 15) is 52.8 Å². The predicted molar refractivity (Wildman–Crippen MR) is 285 cm³/mol. The van der Waals surface area contributed by atoms with Crippen LogP contribution in [0.5, 0.6) is 0 Å². The summed E-state index contributed by atoms with van der Waals surface area (Å²) in [7, 11) is -6.45. The summed E-state index contributed by atoms with van der Waals surface area (Å²) in [6.07, 6.45) is -5.45. The zero-order chi connectivity index (χ0) is 59.3. The number of benzene rings is 2. The predicted octanol–water partition coefficient (Wildman–Crippen LogP) is 2.68. The topological polar surface area (TPSA) is 424 Å². The largest absolute Gasteiger partial charge is 0.695 e. The quantitative estimate of drug-likeness (QED) is 0.0559. The maximum Gasteiger partial charge on any atom is 0.695 e. The molecule has 2 aliphatic heterocycles. The number of nitrogens with zero attached hydrogens (tertiary/aromatic N) is 6. The summed E-state index contributed by atoms with van der Waals surface area (Å²) in [5, 5.41) is 20.1. The van der Waals surface area contributed by atoms with Crippen molar-refractivity contribution in [1.29, 1.82) is 0 Å². The lowest BCUT2D eigenvalue weighted by atomic mass is 10.1. The van der Waals surface area contributed by atoms with Gasteiger partial charge in [-0.1, -0.05) is 95.3 Å². The van der Waals surface area contributed by atoms with Gasteiger partial charge in [-0.3, -0.25) is 48.9 Å². The van der Waals surface area contributed by atoms with Gasteiger partial charge in [0.25, 0.3) is 11.1 Å². The van der Waals surface area contributed by atoms with Gasteiger partial charge in [0.2, 0.25) is 23.7 Å². The molecule has 0 spiro atoms. The van der Waals surface area contributed by atoms with E-state index in [1.807, 2.05) is 12.1 Å². The number of quaternary nitrogens is 1. The van der Waals surface area contributed by atoms with Gasteiger partial charge in [0.05, 0.1) is 30.9 Å². The number of aliphatic hydroxyl groups is 1. The molecule has 4 amide bonds. The summed E-state index contributed by atoms with van der Waals surface area (Å²) in [6.45, 7) is 14.0. The number of imidazole rings is 2. The average molecular weight is 1170 g/mol. The van der Waals surface area contributed by atoms with Gasteiger partial charge in [-0.05, 0) is 42.9 Å². The third-order valence-electron chi connectivity index (χ3n) is 11.6. The number of aromatic amines is 2. The lowest BCUT2D eigenvalue weighted by molar-refractivity contribution is -0.458. The smallest absolute Gasteiger partial charge is 0.566 e. The third-order valence-corrected chi connectivity index (χ3v) is 12.5. The second-order valence-electron chi connectivity index (χ2n) is 20.1. The summed E-state index contributed by atoms with van der Waals surface area (Å²) < 4.78 is 58.4. The molecule has 0 aliphatic carbocycles. The van der Waals surface area contributed by atoms with E-state index in [0.29, 0.717) is 6.42 Å². The number of alkyl carbamates (subject to hydrolysis) is 2. The van der Waals surface area contributed by atoms with Crippen molar-refractivity contribution in [3.8, 4) is 0 Å². The van der Waals surface area contributed by atoms with Gasteiger partial charge >= 0.3 is 28.7 Å². The summed E-state index contributed by atoms with van der Waals surface area (Å²) in [5.74, 6) is -1.76. The van der Waals surface area contributed by atoms with Crippen molar-refractivity contribution in [1.82, 2.24) is 49.7 Å². The number of nitrogens with one attached hydrogen (secondary N) is 6. The molecule has 30 nitrogen and oxygen atoms in total. The molecule has 2 saturated heterocycles. The molecule has 0 saturated carbocycles. The minimum absolute atomic E-state index is 0.0204. The van der Waals surface area contributed by atoms with Crippen LogP contribution in [0.25, 0.3) is 22.3 Å². The van der Waals surface area contributed by atoms with Gasteiger partial charge in [0.15, 0.2) is 47.0 Å². The fourth-order valence-corrected chi connectivity index (χ4v) is 8.81. The van der Waals surface area contributed by atoms with E-state index >= 15 is 0 Å². The second kappa shape index (κ2) is 28.3. The Balaban J connectivity index is 0.000000241. The van der Waals surface area contributed by atoms with Crippen molar-refractivity contribution in [2.75, 3.05) is 17.2 Å². The number of fused-ring (bicyclic) bond motifs is 2. The van der Waals surface area contributed by atoms with Crippen molar-refractivity contribution in [3.63, 3.8) is 0 Å². The van der Waals surface area contributed by atoms with Crippen LogP contribution in [-0.4, -0.2) is 122 Å². The molecule has 4 aromatic heterocycles. The van der Waals surface area contributed by atoms with Crippen LogP contribution in [0.15, 0.2) is 82.9 Å². The lowest BCUT2D eigenvalue weighted by Gasteiger charge is -2.23. The van der Waals surface area contributed by atoms with Crippen molar-refractivity contribution in [2.24, 2.45) is 11.8 Å². The molecular formula is C49H65N13O17P2+2. The Morgan fingerprint density at radius 1 is 0.728 bits per heavy atom. The monoisotopic (exact) mass is 1170 g/mol. The Morgan fingerprint density at radius 2 is 1.12 bits per heavy atom. The molecule has 11 N–H and O–H groups in total. The van der Waals surface area contributed by atoms with Crippen LogP contribution in [0.3, 0.4) is 0 Å². The van der Waals surface area contributed by atoms with E-state index in [0.717, 1.165) is 11.1 Å². The SMILES string of the molecule is CC(C)(C)[NH3+].CC(C)C(=O)Nc1nc2c(ncn2[C@@H]2O[C@H](CO)[C@@H](O[P+](=O)O)[C@H]2NC(=O)OCc2ccccc2)c(=O)[nH]1.CC[C@H]1O[C@@H](n2cnc3c(=O)[nH]c(NC(=O)C(C)C)nc32)[C@H](NC(=O)OCc2ccccc2)[C@@H]1O[P+](=O)[O-]. The number of rotatable bonds is 18. The molecule has 32 heteroatoms. The number of hydrogen-bond acceptors (Lipinski definition) is 20. The molecule has 0 radical (unpaired) electrons. The van der Waals surface area contributed by atoms with Gasteiger partial charge in [-0.2, -0.15) is 9.97 Å². The summed E-state index contributed by atoms with van der Waals surface area (Å²) in [4.78, 5) is 117. The Labute approximate surface area is 463 Å². The van der Waals surface area contributed by atoms with E-state index in [4.69, 9.17) is 28.0 Å².